The van der Waals surface area contributed by atoms with Crippen LogP contribution >= 0.6 is 0 Å². The fourth-order valence-corrected chi connectivity index (χ4v) is 4.42. The number of para-hydroxylation sites is 1. The van der Waals surface area contributed by atoms with Crippen molar-refractivity contribution in [3.05, 3.63) is 73.1 Å². The lowest BCUT2D eigenvalue weighted by Crippen LogP contribution is -2.11. The van der Waals surface area contributed by atoms with Gasteiger partial charge in [0.15, 0.2) is 11.6 Å². The average molecular weight is 507 g/mol. The first-order valence-corrected chi connectivity index (χ1v) is 12.3. The summed E-state index contributed by atoms with van der Waals surface area (Å²) in [6, 6.07) is 13.1. The maximum absolute atomic E-state index is 16.0. The van der Waals surface area contributed by atoms with Gasteiger partial charge in [-0.25, -0.2) is 9.37 Å². The van der Waals surface area contributed by atoms with Crippen LogP contribution in [0.4, 0.5) is 10.1 Å². The number of fused-ring (bicyclic) bond motifs is 2. The van der Waals surface area contributed by atoms with Gasteiger partial charge in [0.1, 0.15) is 11.4 Å². The number of halogens is 1. The monoisotopic (exact) mass is 506 g/mol. The molecule has 3 N–H and O–H groups in total. The molecule has 9 nitrogen and oxygen atoms in total. The summed E-state index contributed by atoms with van der Waals surface area (Å²) in [6.45, 7) is 2.02. The van der Waals surface area contributed by atoms with Crippen molar-refractivity contribution in [2.75, 3.05) is 5.32 Å². The van der Waals surface area contributed by atoms with Gasteiger partial charge in [-0.15, -0.1) is 0 Å². The van der Waals surface area contributed by atoms with Crippen molar-refractivity contribution >= 4 is 33.5 Å². The lowest BCUT2D eigenvalue weighted by Gasteiger charge is -2.08. The number of amides is 1. The molecule has 0 saturated heterocycles. The van der Waals surface area contributed by atoms with E-state index in [-0.39, 0.29) is 17.0 Å². The van der Waals surface area contributed by atoms with Crippen LogP contribution in [0.15, 0.2) is 67.3 Å². The second-order valence-corrected chi connectivity index (χ2v) is 8.90. The Morgan fingerprint density at radius 2 is 1.95 bits per heavy atom. The Bertz CT molecular complexity index is 1780. The molecular formula is C28H23FN8O. The molecule has 0 bridgehead atoms. The molecule has 0 spiro atoms. The van der Waals surface area contributed by atoms with Crippen LogP contribution in [0.5, 0.6) is 0 Å². The summed E-state index contributed by atoms with van der Waals surface area (Å²) < 4.78 is 16.0. The van der Waals surface area contributed by atoms with Crippen molar-refractivity contribution in [1.29, 1.82) is 0 Å². The fourth-order valence-electron chi connectivity index (χ4n) is 4.42. The molecule has 0 aliphatic rings. The SMILES string of the molecule is CCCCC(=O)Nc1cncc(-c2ncc3[nH]nc(-c4nc5c(-c6ccccn6)cccc5[nH]4)c3c2F)c1. The number of pyridine rings is 3. The zero-order valence-electron chi connectivity index (χ0n) is 20.5. The van der Waals surface area contributed by atoms with Gasteiger partial charge >= 0.3 is 0 Å². The Balaban J connectivity index is 1.41. The molecule has 0 aliphatic carbocycles. The van der Waals surface area contributed by atoms with E-state index < -0.39 is 5.82 Å². The highest BCUT2D eigenvalue weighted by Gasteiger charge is 2.21. The summed E-state index contributed by atoms with van der Waals surface area (Å²) >= 11 is 0. The molecule has 0 fully saturated rings. The third kappa shape index (κ3) is 4.26. The summed E-state index contributed by atoms with van der Waals surface area (Å²) in [6.07, 6.45) is 8.42. The van der Waals surface area contributed by atoms with E-state index in [1.807, 2.05) is 43.3 Å². The van der Waals surface area contributed by atoms with Crippen molar-refractivity contribution < 1.29 is 9.18 Å². The number of hydrogen-bond donors (Lipinski definition) is 3. The molecule has 5 heterocycles. The van der Waals surface area contributed by atoms with E-state index in [1.165, 1.54) is 18.6 Å². The summed E-state index contributed by atoms with van der Waals surface area (Å²) in [5.41, 5.74) is 4.93. The van der Waals surface area contributed by atoms with Crippen LogP contribution in [0.3, 0.4) is 0 Å². The number of anilines is 1. The third-order valence-electron chi connectivity index (χ3n) is 6.28. The van der Waals surface area contributed by atoms with Gasteiger partial charge in [-0.3, -0.25) is 24.8 Å². The number of aromatic nitrogens is 7. The first kappa shape index (κ1) is 23.4. The van der Waals surface area contributed by atoms with E-state index in [2.05, 4.69) is 35.5 Å². The topological polar surface area (TPSA) is 125 Å². The molecule has 10 heteroatoms. The number of benzene rings is 1. The van der Waals surface area contributed by atoms with Gasteiger partial charge in [0.2, 0.25) is 5.91 Å². The van der Waals surface area contributed by atoms with E-state index in [4.69, 9.17) is 4.98 Å². The molecule has 38 heavy (non-hydrogen) atoms. The minimum Gasteiger partial charge on any atom is -0.337 e. The van der Waals surface area contributed by atoms with E-state index in [9.17, 15) is 4.79 Å². The summed E-state index contributed by atoms with van der Waals surface area (Å²) in [7, 11) is 0. The van der Waals surface area contributed by atoms with Gasteiger partial charge in [0, 0.05) is 29.9 Å². The maximum atomic E-state index is 16.0. The van der Waals surface area contributed by atoms with Gasteiger partial charge in [0.05, 0.1) is 45.7 Å². The number of carbonyl (C=O) groups is 1. The number of hydrogen-bond acceptors (Lipinski definition) is 6. The van der Waals surface area contributed by atoms with Gasteiger partial charge in [0.25, 0.3) is 0 Å². The first-order valence-electron chi connectivity index (χ1n) is 12.3. The van der Waals surface area contributed by atoms with Crippen LogP contribution < -0.4 is 5.32 Å². The van der Waals surface area contributed by atoms with Crippen molar-refractivity contribution in [3.8, 4) is 34.0 Å². The van der Waals surface area contributed by atoms with Crippen LogP contribution in [0, 0.1) is 5.82 Å². The quantitative estimate of drug-likeness (QED) is 0.248. The summed E-state index contributed by atoms with van der Waals surface area (Å²) in [5.74, 6) is -0.254. The lowest BCUT2D eigenvalue weighted by atomic mass is 10.1. The Hall–Kier alpha value is -4.99. The molecule has 1 amide bonds. The molecule has 0 saturated carbocycles. The third-order valence-corrected chi connectivity index (χ3v) is 6.28. The normalized spacial score (nSPS) is 11.3. The van der Waals surface area contributed by atoms with Crippen molar-refractivity contribution in [1.82, 2.24) is 35.1 Å². The van der Waals surface area contributed by atoms with Crippen LogP contribution in [0.1, 0.15) is 26.2 Å². The molecule has 5 aromatic heterocycles. The van der Waals surface area contributed by atoms with Crippen LogP contribution in [0.2, 0.25) is 0 Å². The summed E-state index contributed by atoms with van der Waals surface area (Å²) in [4.78, 5) is 33.1. The molecule has 188 valence electrons. The van der Waals surface area contributed by atoms with Crippen molar-refractivity contribution in [2.24, 2.45) is 0 Å². The number of aromatic amines is 2. The zero-order chi connectivity index (χ0) is 26.1. The predicted octanol–water partition coefficient (Wildman–Crippen LogP) is 5.89. The Labute approximate surface area is 216 Å². The number of rotatable bonds is 7. The standard InChI is InChI=1S/C28H23FN8O/c1-2-3-10-22(38)33-17-12-16(13-30-14-17)25-24(29)23-21(15-32-25)36-37-27(23)28-34-20-9-6-7-18(26(20)35-28)19-8-4-5-11-31-19/h4-9,11-15H,2-3,10H2,1H3,(H,33,38)(H,34,35)(H,36,37). The van der Waals surface area contributed by atoms with Gasteiger partial charge in [-0.2, -0.15) is 5.10 Å². The van der Waals surface area contributed by atoms with Gasteiger partial charge < -0.3 is 10.3 Å². The van der Waals surface area contributed by atoms with Crippen LogP contribution in [0.25, 0.3) is 56.0 Å². The number of imidazole rings is 1. The summed E-state index contributed by atoms with van der Waals surface area (Å²) in [5, 5.41) is 10.3. The molecule has 6 rings (SSSR count). The Kier molecular flexibility index (Phi) is 6.04. The molecule has 0 aliphatic heterocycles. The van der Waals surface area contributed by atoms with E-state index >= 15 is 4.39 Å². The second kappa shape index (κ2) is 9.81. The second-order valence-electron chi connectivity index (χ2n) is 8.90. The lowest BCUT2D eigenvalue weighted by molar-refractivity contribution is -0.116. The highest BCUT2D eigenvalue weighted by atomic mass is 19.1. The first-order chi connectivity index (χ1) is 18.6. The van der Waals surface area contributed by atoms with Crippen molar-refractivity contribution in [3.63, 3.8) is 0 Å². The number of nitrogens with one attached hydrogen (secondary N) is 3. The Morgan fingerprint density at radius 3 is 2.79 bits per heavy atom. The number of unbranched alkanes of at least 4 members (excludes halogenated alkanes) is 1. The smallest absolute Gasteiger partial charge is 0.224 e. The number of carbonyl (C=O) groups excluding carboxylic acids is 1. The van der Waals surface area contributed by atoms with E-state index in [1.54, 1.807) is 12.3 Å². The maximum Gasteiger partial charge on any atom is 0.224 e. The van der Waals surface area contributed by atoms with E-state index in [0.29, 0.717) is 40.2 Å². The van der Waals surface area contributed by atoms with E-state index in [0.717, 1.165) is 29.6 Å². The van der Waals surface area contributed by atoms with Crippen LogP contribution in [-0.4, -0.2) is 41.0 Å². The van der Waals surface area contributed by atoms with Crippen molar-refractivity contribution in [2.45, 2.75) is 26.2 Å². The molecule has 6 aromatic rings. The number of H-pyrrole nitrogens is 2. The largest absolute Gasteiger partial charge is 0.337 e. The molecule has 0 atom stereocenters. The average Bonchev–Trinajstić information content (AvgIpc) is 3.57. The fraction of sp³-hybridized carbons (Fsp3) is 0.143. The molecule has 0 radical (unpaired) electrons. The molecule has 1 aromatic carbocycles. The number of nitrogens with zero attached hydrogens (tertiary/aromatic N) is 5. The highest BCUT2D eigenvalue weighted by Crippen LogP contribution is 2.34. The highest BCUT2D eigenvalue weighted by molar-refractivity contribution is 5.98. The molecule has 0 unspecified atom stereocenters. The van der Waals surface area contributed by atoms with Crippen LogP contribution in [-0.2, 0) is 4.79 Å². The van der Waals surface area contributed by atoms with Gasteiger partial charge in [-0.05, 0) is 30.7 Å². The molecular weight excluding hydrogens is 483 g/mol. The van der Waals surface area contributed by atoms with Gasteiger partial charge in [-0.1, -0.05) is 31.5 Å². The predicted molar refractivity (Wildman–Crippen MR) is 144 cm³/mol. The minimum atomic E-state index is -0.562. The zero-order valence-corrected chi connectivity index (χ0v) is 20.5. The minimum absolute atomic E-state index is 0.0996. The Morgan fingerprint density at radius 1 is 1.03 bits per heavy atom.